The standard InChI is InChI=1S/C24H32F2N4O2/c1-4-6-10-28(3)15-19-16-30-22(7-5-2)27-23(14-24(30)29(19)11-12-31)32-17-18-8-9-20(25)21(26)13-18/h7-9,12-14,19H,4-6,10-11,15-17H2,1-3H3/b22-7-. The van der Waals surface area contributed by atoms with Gasteiger partial charge in [0.2, 0.25) is 5.90 Å². The summed E-state index contributed by atoms with van der Waals surface area (Å²) in [6, 6.07) is 3.84. The van der Waals surface area contributed by atoms with Crippen LogP contribution in [0, 0.1) is 11.6 Å². The van der Waals surface area contributed by atoms with Gasteiger partial charge in [0.05, 0.1) is 12.6 Å². The van der Waals surface area contributed by atoms with E-state index in [1.165, 1.54) is 6.07 Å². The van der Waals surface area contributed by atoms with Crippen LogP contribution in [0.15, 0.2) is 47.0 Å². The Labute approximate surface area is 188 Å². The summed E-state index contributed by atoms with van der Waals surface area (Å²) in [7, 11) is 2.11. The minimum absolute atomic E-state index is 0.0656. The lowest BCUT2D eigenvalue weighted by Gasteiger charge is -2.29. The highest BCUT2D eigenvalue weighted by atomic mass is 19.2. The van der Waals surface area contributed by atoms with E-state index in [2.05, 4.69) is 33.7 Å². The lowest BCUT2D eigenvalue weighted by Crippen LogP contribution is -2.41. The Bertz CT molecular complexity index is 900. The average Bonchev–Trinajstić information content (AvgIpc) is 3.11. The molecule has 0 aliphatic carbocycles. The summed E-state index contributed by atoms with van der Waals surface area (Å²) in [4.78, 5) is 22.6. The number of likely N-dealkylation sites (N-methyl/N-ethyl adjacent to an activating group) is 1. The van der Waals surface area contributed by atoms with E-state index < -0.39 is 11.6 Å². The Morgan fingerprint density at radius 3 is 2.78 bits per heavy atom. The lowest BCUT2D eigenvalue weighted by molar-refractivity contribution is -0.108. The van der Waals surface area contributed by atoms with Gasteiger partial charge in [0.25, 0.3) is 0 Å². The van der Waals surface area contributed by atoms with Crippen LogP contribution in [0.2, 0.25) is 0 Å². The van der Waals surface area contributed by atoms with E-state index in [0.29, 0.717) is 11.5 Å². The molecular formula is C24H32F2N4O2. The number of carbonyl (C=O) groups is 1. The normalized spacial score (nSPS) is 19.3. The van der Waals surface area contributed by atoms with Gasteiger partial charge in [0, 0.05) is 19.2 Å². The van der Waals surface area contributed by atoms with E-state index in [-0.39, 0.29) is 19.2 Å². The zero-order chi connectivity index (χ0) is 23.1. The van der Waals surface area contributed by atoms with Crippen molar-refractivity contribution in [3.05, 3.63) is 59.2 Å². The molecule has 6 nitrogen and oxygen atoms in total. The zero-order valence-corrected chi connectivity index (χ0v) is 19.1. The third-order valence-electron chi connectivity index (χ3n) is 5.60. The third kappa shape index (κ3) is 5.73. The molecule has 0 radical (unpaired) electrons. The molecule has 2 aliphatic heterocycles. The molecule has 174 valence electrons. The van der Waals surface area contributed by atoms with Gasteiger partial charge in [0.1, 0.15) is 24.5 Å². The molecule has 0 N–H and O–H groups in total. The fourth-order valence-corrected chi connectivity index (χ4v) is 3.99. The predicted octanol–water partition coefficient (Wildman–Crippen LogP) is 3.90. The number of ether oxygens (including phenoxy) is 1. The molecule has 3 rings (SSSR count). The molecule has 1 saturated heterocycles. The number of hydrogen-bond donors (Lipinski definition) is 0. The SMILES string of the molecule is CC/C=C1/N=C(OCc2ccc(F)c(F)c2)C=C2N1CC(CN(C)CCCC)N2CC=O. The summed E-state index contributed by atoms with van der Waals surface area (Å²) in [5.74, 6) is 0.244. The summed E-state index contributed by atoms with van der Waals surface area (Å²) in [5.41, 5.74) is 0.514. The number of unbranched alkanes of at least 4 members (excludes halogenated alkanes) is 1. The van der Waals surface area contributed by atoms with Crippen LogP contribution in [0.5, 0.6) is 0 Å². The van der Waals surface area contributed by atoms with Gasteiger partial charge >= 0.3 is 0 Å². The Morgan fingerprint density at radius 2 is 2.09 bits per heavy atom. The van der Waals surface area contributed by atoms with E-state index >= 15 is 0 Å². The number of benzene rings is 1. The topological polar surface area (TPSA) is 48.4 Å². The molecule has 1 aromatic carbocycles. The number of allylic oxidation sites excluding steroid dienone is 1. The number of nitrogens with zero attached hydrogens (tertiary/aromatic N) is 4. The van der Waals surface area contributed by atoms with Crippen molar-refractivity contribution in [2.75, 3.05) is 33.2 Å². The molecule has 1 unspecified atom stereocenters. The van der Waals surface area contributed by atoms with Crippen molar-refractivity contribution in [1.82, 2.24) is 14.7 Å². The highest BCUT2D eigenvalue weighted by molar-refractivity contribution is 5.90. The van der Waals surface area contributed by atoms with Gasteiger partial charge in [-0.1, -0.05) is 26.3 Å². The average molecular weight is 447 g/mol. The number of rotatable bonds is 10. The molecule has 0 spiro atoms. The van der Waals surface area contributed by atoms with E-state index in [1.54, 1.807) is 0 Å². The first kappa shape index (κ1) is 23.9. The second-order valence-electron chi connectivity index (χ2n) is 8.16. The minimum atomic E-state index is -0.907. The van der Waals surface area contributed by atoms with Crippen molar-refractivity contribution in [3.8, 4) is 0 Å². The van der Waals surface area contributed by atoms with E-state index in [0.717, 1.165) is 69.0 Å². The molecule has 1 aromatic rings. The lowest BCUT2D eigenvalue weighted by atomic mass is 10.2. The number of aldehydes is 1. The van der Waals surface area contributed by atoms with Gasteiger partial charge in [0.15, 0.2) is 11.6 Å². The minimum Gasteiger partial charge on any atom is -0.473 e. The Kier molecular flexibility index (Phi) is 8.39. The number of fused-ring (bicyclic) bond motifs is 1. The van der Waals surface area contributed by atoms with Gasteiger partial charge < -0.3 is 24.2 Å². The van der Waals surface area contributed by atoms with Crippen LogP contribution in [0.25, 0.3) is 0 Å². The third-order valence-corrected chi connectivity index (χ3v) is 5.60. The predicted molar refractivity (Wildman–Crippen MR) is 121 cm³/mol. The van der Waals surface area contributed by atoms with Gasteiger partial charge in [-0.2, -0.15) is 4.99 Å². The van der Waals surface area contributed by atoms with Crippen LogP contribution in [-0.2, 0) is 16.1 Å². The van der Waals surface area contributed by atoms with Gasteiger partial charge in [-0.3, -0.25) is 0 Å². The molecular weight excluding hydrogens is 414 g/mol. The fourth-order valence-electron chi connectivity index (χ4n) is 3.99. The maximum Gasteiger partial charge on any atom is 0.219 e. The summed E-state index contributed by atoms with van der Waals surface area (Å²) in [6.07, 6.45) is 7.84. The highest BCUT2D eigenvalue weighted by Gasteiger charge is 2.38. The van der Waals surface area contributed by atoms with Crippen LogP contribution in [0.3, 0.4) is 0 Å². The quantitative estimate of drug-likeness (QED) is 0.510. The van der Waals surface area contributed by atoms with Crippen molar-refractivity contribution in [3.63, 3.8) is 0 Å². The zero-order valence-electron chi connectivity index (χ0n) is 19.1. The molecule has 1 fully saturated rings. The number of carbonyl (C=O) groups excluding carboxylic acids is 1. The van der Waals surface area contributed by atoms with Crippen molar-refractivity contribution >= 4 is 12.2 Å². The summed E-state index contributed by atoms with van der Waals surface area (Å²) in [6.45, 7) is 7.15. The fraction of sp³-hybridized carbons (Fsp3) is 0.500. The van der Waals surface area contributed by atoms with Crippen LogP contribution in [-0.4, -0.2) is 66.2 Å². The monoisotopic (exact) mass is 446 g/mol. The van der Waals surface area contributed by atoms with E-state index in [9.17, 15) is 13.6 Å². The molecule has 8 heteroatoms. The molecule has 2 aliphatic rings. The van der Waals surface area contributed by atoms with Crippen molar-refractivity contribution in [2.24, 2.45) is 4.99 Å². The molecule has 1 atom stereocenters. The second-order valence-corrected chi connectivity index (χ2v) is 8.16. The van der Waals surface area contributed by atoms with Crippen molar-refractivity contribution in [2.45, 2.75) is 45.8 Å². The maximum atomic E-state index is 13.5. The molecule has 0 saturated carbocycles. The molecule has 0 amide bonds. The van der Waals surface area contributed by atoms with E-state index in [1.807, 2.05) is 19.1 Å². The highest BCUT2D eigenvalue weighted by Crippen LogP contribution is 2.32. The first-order valence-electron chi connectivity index (χ1n) is 11.2. The van der Waals surface area contributed by atoms with Gasteiger partial charge in [-0.25, -0.2) is 8.78 Å². The van der Waals surface area contributed by atoms with Crippen LogP contribution in [0.4, 0.5) is 8.78 Å². The number of hydrogen-bond acceptors (Lipinski definition) is 6. The largest absolute Gasteiger partial charge is 0.473 e. The second kappa shape index (κ2) is 11.2. The maximum absolute atomic E-state index is 13.5. The van der Waals surface area contributed by atoms with Crippen LogP contribution < -0.4 is 0 Å². The smallest absolute Gasteiger partial charge is 0.219 e. The first-order chi connectivity index (χ1) is 15.5. The van der Waals surface area contributed by atoms with E-state index in [4.69, 9.17) is 4.74 Å². The summed E-state index contributed by atoms with van der Waals surface area (Å²) < 4.78 is 32.5. The Morgan fingerprint density at radius 1 is 1.28 bits per heavy atom. The molecule has 2 heterocycles. The molecule has 0 aromatic heterocycles. The van der Waals surface area contributed by atoms with Crippen LogP contribution in [0.1, 0.15) is 38.7 Å². The van der Waals surface area contributed by atoms with Crippen LogP contribution >= 0.6 is 0 Å². The first-order valence-corrected chi connectivity index (χ1v) is 11.2. The molecule has 0 bridgehead atoms. The van der Waals surface area contributed by atoms with Gasteiger partial charge in [-0.15, -0.1) is 0 Å². The summed E-state index contributed by atoms with van der Waals surface area (Å²) in [5, 5.41) is 0. The van der Waals surface area contributed by atoms with Crippen molar-refractivity contribution in [1.29, 1.82) is 0 Å². The number of halogens is 2. The Hall–Kier alpha value is -2.74. The van der Waals surface area contributed by atoms with Crippen molar-refractivity contribution < 1.29 is 18.3 Å². The van der Waals surface area contributed by atoms with Gasteiger partial charge in [-0.05, 0) is 50.2 Å². The molecule has 32 heavy (non-hydrogen) atoms. The Balaban J connectivity index is 1.79. The summed E-state index contributed by atoms with van der Waals surface area (Å²) >= 11 is 0. The number of aliphatic imine (C=N–C) groups is 1.